The Kier molecular flexibility index (Phi) is 6.42. The van der Waals surface area contributed by atoms with Gasteiger partial charge >= 0.3 is 0 Å². The van der Waals surface area contributed by atoms with E-state index in [0.29, 0.717) is 13.2 Å². The van der Waals surface area contributed by atoms with Crippen LogP contribution in [0.4, 0.5) is 0 Å². The number of para-hydroxylation sites is 3. The topological polar surface area (TPSA) is 39.7 Å². The van der Waals surface area contributed by atoms with E-state index in [9.17, 15) is 0 Å². The quantitative estimate of drug-likeness (QED) is 0.689. The second kappa shape index (κ2) is 8.66. The van der Waals surface area contributed by atoms with Gasteiger partial charge in [0.1, 0.15) is 25.1 Å². The van der Waals surface area contributed by atoms with Gasteiger partial charge in [0.15, 0.2) is 11.5 Å². The highest BCUT2D eigenvalue weighted by atomic mass is 16.6. The van der Waals surface area contributed by atoms with Crippen LogP contribution >= 0.6 is 0 Å². The highest BCUT2D eigenvalue weighted by Crippen LogP contribution is 2.39. The van der Waals surface area contributed by atoms with Crippen LogP contribution < -0.4 is 19.5 Å². The van der Waals surface area contributed by atoms with E-state index in [1.54, 1.807) is 0 Å². The summed E-state index contributed by atoms with van der Waals surface area (Å²) in [5.74, 6) is 2.66. The second-order valence-corrected chi connectivity index (χ2v) is 9.73. The molecule has 4 nitrogen and oxygen atoms in total. The van der Waals surface area contributed by atoms with Gasteiger partial charge in [-0.3, -0.25) is 0 Å². The molecule has 1 heterocycles. The van der Waals surface area contributed by atoms with E-state index in [4.69, 9.17) is 14.2 Å². The van der Waals surface area contributed by atoms with Crippen LogP contribution in [0.2, 0.25) is 0 Å². The summed E-state index contributed by atoms with van der Waals surface area (Å²) >= 11 is 0. The number of ether oxygens (including phenoxy) is 3. The molecule has 4 heteroatoms. The van der Waals surface area contributed by atoms with Gasteiger partial charge in [-0.25, -0.2) is 0 Å². The van der Waals surface area contributed by atoms with Gasteiger partial charge in [-0.1, -0.05) is 71.9 Å². The lowest BCUT2D eigenvalue weighted by atomic mass is 9.79. The van der Waals surface area contributed by atoms with Crippen LogP contribution in [0.15, 0.2) is 42.5 Å². The summed E-state index contributed by atoms with van der Waals surface area (Å²) in [7, 11) is 0. The van der Waals surface area contributed by atoms with Crippen molar-refractivity contribution >= 4 is 0 Å². The van der Waals surface area contributed by atoms with Gasteiger partial charge in [0, 0.05) is 13.1 Å². The minimum atomic E-state index is 0.0110. The molecule has 0 aromatic heterocycles. The first-order chi connectivity index (χ1) is 13.7. The van der Waals surface area contributed by atoms with E-state index in [1.165, 1.54) is 11.1 Å². The van der Waals surface area contributed by atoms with Crippen LogP contribution in [0.5, 0.6) is 17.2 Å². The average Bonchev–Trinajstić information content (AvgIpc) is 2.66. The fourth-order valence-corrected chi connectivity index (χ4v) is 3.53. The normalized spacial score (nSPS) is 16.6. The lowest BCUT2D eigenvalue weighted by Gasteiger charge is -2.29. The predicted octanol–water partition coefficient (Wildman–Crippen LogP) is 5.09. The van der Waals surface area contributed by atoms with Gasteiger partial charge in [-0.05, 0) is 34.1 Å². The van der Waals surface area contributed by atoms with Crippen molar-refractivity contribution in [1.29, 1.82) is 0 Å². The Morgan fingerprint density at radius 2 is 1.52 bits per heavy atom. The molecule has 1 N–H and O–H groups in total. The first-order valence-corrected chi connectivity index (χ1v) is 10.5. The Labute approximate surface area is 175 Å². The molecule has 2 aromatic rings. The highest BCUT2D eigenvalue weighted by molar-refractivity contribution is 5.48. The highest BCUT2D eigenvalue weighted by Gasteiger charge is 2.26. The average molecular weight is 398 g/mol. The molecular formula is C25H35NO3. The number of rotatable bonds is 6. The monoisotopic (exact) mass is 397 g/mol. The molecule has 0 unspecified atom stereocenters. The molecule has 0 fully saturated rings. The third kappa shape index (κ3) is 5.45. The number of benzene rings is 2. The van der Waals surface area contributed by atoms with Crippen LogP contribution in [0.3, 0.4) is 0 Å². The lowest BCUT2D eigenvalue weighted by molar-refractivity contribution is 0.0897. The molecule has 158 valence electrons. The van der Waals surface area contributed by atoms with E-state index >= 15 is 0 Å². The van der Waals surface area contributed by atoms with E-state index in [-0.39, 0.29) is 16.9 Å². The maximum atomic E-state index is 6.33. The summed E-state index contributed by atoms with van der Waals surface area (Å²) in [6.07, 6.45) is 0.0110. The molecule has 1 atom stereocenters. The maximum Gasteiger partial charge on any atom is 0.161 e. The summed E-state index contributed by atoms with van der Waals surface area (Å²) in [4.78, 5) is 0. The van der Waals surface area contributed by atoms with Crippen LogP contribution in [-0.2, 0) is 10.8 Å². The van der Waals surface area contributed by atoms with E-state index in [2.05, 4.69) is 65.1 Å². The van der Waals surface area contributed by atoms with Crippen LogP contribution in [0, 0.1) is 0 Å². The Bertz CT molecular complexity index is 785. The van der Waals surface area contributed by atoms with Crippen LogP contribution in [0.1, 0.15) is 52.7 Å². The van der Waals surface area contributed by atoms with E-state index < -0.39 is 0 Å². The van der Waals surface area contributed by atoms with E-state index in [0.717, 1.165) is 30.3 Å². The summed E-state index contributed by atoms with van der Waals surface area (Å²) in [5, 5.41) is 3.44. The molecule has 29 heavy (non-hydrogen) atoms. The van der Waals surface area contributed by atoms with Crippen molar-refractivity contribution in [3.05, 3.63) is 53.6 Å². The Morgan fingerprint density at radius 3 is 2.14 bits per heavy atom. The molecule has 0 saturated heterocycles. The standard InChI is InChI=1S/C25H35NO3/c1-24(2,3)19-10-9-11-20(25(4,5)6)23(19)27-15-14-26-16-18-17-28-21-12-7-8-13-22(21)29-18/h7-13,18,26H,14-17H2,1-6H3/t18-/m1/s1. The predicted molar refractivity (Wildman–Crippen MR) is 119 cm³/mol. The first-order valence-electron chi connectivity index (χ1n) is 10.5. The molecule has 0 bridgehead atoms. The van der Waals surface area contributed by atoms with Gasteiger partial charge in [-0.2, -0.15) is 0 Å². The van der Waals surface area contributed by atoms with Gasteiger partial charge in [0.05, 0.1) is 0 Å². The van der Waals surface area contributed by atoms with Crippen LogP contribution in [0.25, 0.3) is 0 Å². The van der Waals surface area contributed by atoms with E-state index in [1.807, 2.05) is 24.3 Å². The zero-order chi connectivity index (χ0) is 21.1. The van der Waals surface area contributed by atoms with Crippen molar-refractivity contribution in [2.24, 2.45) is 0 Å². The molecule has 3 rings (SSSR count). The number of hydrogen-bond donors (Lipinski definition) is 1. The smallest absolute Gasteiger partial charge is 0.161 e. The van der Waals surface area contributed by atoms with Gasteiger partial charge in [0.25, 0.3) is 0 Å². The second-order valence-electron chi connectivity index (χ2n) is 9.73. The number of hydrogen-bond acceptors (Lipinski definition) is 4. The fraction of sp³-hybridized carbons (Fsp3) is 0.520. The van der Waals surface area contributed by atoms with Crippen LogP contribution in [-0.4, -0.2) is 32.4 Å². The van der Waals surface area contributed by atoms with Gasteiger partial charge in [-0.15, -0.1) is 0 Å². The molecule has 0 saturated carbocycles. The van der Waals surface area contributed by atoms with Gasteiger partial charge < -0.3 is 19.5 Å². The summed E-state index contributed by atoms with van der Waals surface area (Å²) in [6, 6.07) is 14.3. The molecular weight excluding hydrogens is 362 g/mol. The SMILES string of the molecule is CC(C)(C)c1cccc(C(C)(C)C)c1OCCNC[C@@H]1COc2ccccc2O1. The minimum absolute atomic E-state index is 0.0110. The van der Waals surface area contributed by atoms with Gasteiger partial charge in [0.2, 0.25) is 0 Å². The third-order valence-corrected chi connectivity index (χ3v) is 5.10. The van der Waals surface area contributed by atoms with Crippen molar-refractivity contribution in [3.63, 3.8) is 0 Å². The van der Waals surface area contributed by atoms with Crippen molar-refractivity contribution < 1.29 is 14.2 Å². The molecule has 2 aromatic carbocycles. The molecule has 0 spiro atoms. The largest absolute Gasteiger partial charge is 0.492 e. The zero-order valence-electron chi connectivity index (χ0n) is 18.7. The summed E-state index contributed by atoms with van der Waals surface area (Å²) < 4.78 is 18.1. The zero-order valence-corrected chi connectivity index (χ0v) is 18.7. The molecule has 1 aliphatic rings. The Morgan fingerprint density at radius 1 is 0.897 bits per heavy atom. The Balaban J connectivity index is 1.56. The summed E-state index contributed by atoms with van der Waals surface area (Å²) in [5.41, 5.74) is 2.58. The molecule has 0 aliphatic carbocycles. The number of nitrogens with one attached hydrogen (secondary N) is 1. The first kappa shape index (κ1) is 21.5. The molecule has 0 radical (unpaired) electrons. The molecule has 1 aliphatic heterocycles. The van der Waals surface area contributed by atoms with Crippen molar-refractivity contribution in [2.75, 3.05) is 26.3 Å². The maximum absolute atomic E-state index is 6.33. The number of fused-ring (bicyclic) bond motifs is 1. The summed E-state index contributed by atoms with van der Waals surface area (Å²) in [6.45, 7) is 16.1. The third-order valence-electron chi connectivity index (χ3n) is 5.10. The fourth-order valence-electron chi connectivity index (χ4n) is 3.53. The Hall–Kier alpha value is -2.20. The lowest BCUT2D eigenvalue weighted by Crippen LogP contribution is -2.39. The van der Waals surface area contributed by atoms with Crippen molar-refractivity contribution in [1.82, 2.24) is 5.32 Å². The van der Waals surface area contributed by atoms with Crippen molar-refractivity contribution in [3.8, 4) is 17.2 Å². The molecule has 0 amide bonds. The minimum Gasteiger partial charge on any atom is -0.492 e. The van der Waals surface area contributed by atoms with Crippen molar-refractivity contribution in [2.45, 2.75) is 58.5 Å².